The summed E-state index contributed by atoms with van der Waals surface area (Å²) in [5.74, 6) is 0. The van der Waals surface area contributed by atoms with E-state index < -0.39 is 5.60 Å². The van der Waals surface area contributed by atoms with Crippen LogP contribution in [0.2, 0.25) is 0 Å². The monoisotopic (exact) mass is 256 g/mol. The molecule has 18 heavy (non-hydrogen) atoms. The highest BCUT2D eigenvalue weighted by atomic mass is 16.6. The van der Waals surface area contributed by atoms with Crippen molar-refractivity contribution in [1.29, 1.82) is 0 Å². The highest BCUT2D eigenvalue weighted by Crippen LogP contribution is 2.29. The molecule has 1 spiro atoms. The molecule has 2 saturated heterocycles. The fourth-order valence-corrected chi connectivity index (χ4v) is 2.57. The van der Waals surface area contributed by atoms with Crippen molar-refractivity contribution in [3.8, 4) is 0 Å². The minimum absolute atomic E-state index is 0.209. The van der Waals surface area contributed by atoms with Crippen molar-refractivity contribution < 1.29 is 14.3 Å². The van der Waals surface area contributed by atoms with E-state index in [1.165, 1.54) is 0 Å². The molecule has 0 saturated carbocycles. The van der Waals surface area contributed by atoms with Gasteiger partial charge in [0.05, 0.1) is 12.1 Å². The predicted molar refractivity (Wildman–Crippen MR) is 68.6 cm³/mol. The Morgan fingerprint density at radius 3 is 2.83 bits per heavy atom. The summed E-state index contributed by atoms with van der Waals surface area (Å²) in [6.07, 6.45) is 1.64. The standard InChI is InChI=1S/C13H24N2O3/c1-12(2,3)18-11(16)15-7-4-6-14-9-13(15)5-8-17-10-13/h14H,4-10H2,1-3H3. The van der Waals surface area contributed by atoms with Crippen LogP contribution in [-0.4, -0.2) is 55.0 Å². The Morgan fingerprint density at radius 2 is 2.22 bits per heavy atom. The van der Waals surface area contributed by atoms with Gasteiger partial charge < -0.3 is 14.8 Å². The molecular weight excluding hydrogens is 232 g/mol. The van der Waals surface area contributed by atoms with Gasteiger partial charge in [-0.05, 0) is 40.2 Å². The average Bonchev–Trinajstić information content (AvgIpc) is 2.58. The van der Waals surface area contributed by atoms with Crippen molar-refractivity contribution in [1.82, 2.24) is 10.2 Å². The molecule has 5 heteroatoms. The van der Waals surface area contributed by atoms with Crippen LogP contribution in [0.3, 0.4) is 0 Å². The summed E-state index contributed by atoms with van der Waals surface area (Å²) in [5, 5.41) is 3.40. The Labute approximate surface area is 109 Å². The number of rotatable bonds is 0. The van der Waals surface area contributed by atoms with Gasteiger partial charge >= 0.3 is 6.09 Å². The van der Waals surface area contributed by atoms with Crippen LogP contribution in [0.4, 0.5) is 4.79 Å². The predicted octanol–water partition coefficient (Wildman–Crippen LogP) is 1.38. The lowest BCUT2D eigenvalue weighted by molar-refractivity contribution is -0.00326. The number of ether oxygens (including phenoxy) is 2. The summed E-state index contributed by atoms with van der Waals surface area (Å²) in [4.78, 5) is 14.2. The third-order valence-corrected chi connectivity index (χ3v) is 3.46. The second kappa shape index (κ2) is 5.05. The Morgan fingerprint density at radius 1 is 1.44 bits per heavy atom. The molecule has 0 radical (unpaired) electrons. The number of hydrogen-bond donors (Lipinski definition) is 1. The number of amides is 1. The van der Waals surface area contributed by atoms with Crippen molar-refractivity contribution in [2.75, 3.05) is 32.8 Å². The second-order valence-corrected chi connectivity index (χ2v) is 6.19. The Kier molecular flexibility index (Phi) is 3.82. The molecule has 0 aromatic carbocycles. The number of nitrogens with one attached hydrogen (secondary N) is 1. The maximum absolute atomic E-state index is 12.3. The van der Waals surface area contributed by atoms with E-state index >= 15 is 0 Å². The molecule has 104 valence electrons. The lowest BCUT2D eigenvalue weighted by atomic mass is 9.97. The zero-order chi connectivity index (χ0) is 13.2. The quantitative estimate of drug-likeness (QED) is 0.711. The van der Waals surface area contributed by atoms with E-state index in [9.17, 15) is 4.79 Å². The normalized spacial score (nSPS) is 29.4. The average molecular weight is 256 g/mol. The maximum Gasteiger partial charge on any atom is 0.410 e. The van der Waals surface area contributed by atoms with Gasteiger partial charge in [0.25, 0.3) is 0 Å². The van der Waals surface area contributed by atoms with Gasteiger partial charge in [-0.25, -0.2) is 4.79 Å². The minimum atomic E-state index is -0.447. The van der Waals surface area contributed by atoms with Crippen molar-refractivity contribution in [2.24, 2.45) is 0 Å². The maximum atomic E-state index is 12.3. The third-order valence-electron chi connectivity index (χ3n) is 3.46. The lowest BCUT2D eigenvalue weighted by Gasteiger charge is -2.39. The summed E-state index contributed by atoms with van der Waals surface area (Å²) in [6.45, 7) is 9.52. The molecule has 1 amide bonds. The first-order chi connectivity index (χ1) is 8.43. The van der Waals surface area contributed by atoms with E-state index in [0.717, 1.165) is 39.1 Å². The van der Waals surface area contributed by atoms with Gasteiger partial charge in [-0.1, -0.05) is 0 Å². The molecule has 2 aliphatic rings. The molecule has 2 heterocycles. The van der Waals surface area contributed by atoms with E-state index in [1.54, 1.807) is 0 Å². The van der Waals surface area contributed by atoms with Crippen LogP contribution in [0.5, 0.6) is 0 Å². The van der Waals surface area contributed by atoms with E-state index in [2.05, 4.69) is 5.32 Å². The second-order valence-electron chi connectivity index (χ2n) is 6.19. The summed E-state index contributed by atoms with van der Waals surface area (Å²) in [6, 6.07) is 0. The van der Waals surface area contributed by atoms with Gasteiger partial charge in [-0.2, -0.15) is 0 Å². The molecule has 2 fully saturated rings. The Balaban J connectivity index is 2.13. The SMILES string of the molecule is CC(C)(C)OC(=O)N1CCCNCC12CCOC2. The van der Waals surface area contributed by atoms with Crippen LogP contribution >= 0.6 is 0 Å². The van der Waals surface area contributed by atoms with E-state index in [1.807, 2.05) is 25.7 Å². The van der Waals surface area contributed by atoms with E-state index in [-0.39, 0.29) is 11.6 Å². The summed E-state index contributed by atoms with van der Waals surface area (Å²) in [5.41, 5.74) is -0.656. The van der Waals surface area contributed by atoms with Crippen molar-refractivity contribution in [2.45, 2.75) is 44.8 Å². The highest BCUT2D eigenvalue weighted by Gasteiger charge is 2.45. The zero-order valence-corrected chi connectivity index (χ0v) is 11.6. The molecule has 0 bridgehead atoms. The van der Waals surface area contributed by atoms with Gasteiger partial charge in [0.15, 0.2) is 0 Å². The number of hydrogen-bond acceptors (Lipinski definition) is 4. The van der Waals surface area contributed by atoms with Crippen LogP contribution < -0.4 is 5.32 Å². The van der Waals surface area contributed by atoms with Crippen LogP contribution in [-0.2, 0) is 9.47 Å². The number of nitrogens with zero attached hydrogens (tertiary/aromatic N) is 1. The van der Waals surface area contributed by atoms with Crippen molar-refractivity contribution >= 4 is 6.09 Å². The first-order valence-corrected chi connectivity index (χ1v) is 6.72. The van der Waals surface area contributed by atoms with Gasteiger partial charge in [-0.15, -0.1) is 0 Å². The molecule has 0 aliphatic carbocycles. The van der Waals surface area contributed by atoms with E-state index in [4.69, 9.17) is 9.47 Å². The van der Waals surface area contributed by atoms with Crippen molar-refractivity contribution in [3.05, 3.63) is 0 Å². The van der Waals surface area contributed by atoms with Crippen LogP contribution in [0.25, 0.3) is 0 Å². The van der Waals surface area contributed by atoms with Gasteiger partial charge in [0.2, 0.25) is 0 Å². The summed E-state index contributed by atoms with van der Waals surface area (Å²) in [7, 11) is 0. The molecule has 1 unspecified atom stereocenters. The molecule has 5 nitrogen and oxygen atoms in total. The molecule has 0 aromatic rings. The first-order valence-electron chi connectivity index (χ1n) is 6.72. The Hall–Kier alpha value is -0.810. The number of carbonyl (C=O) groups excluding carboxylic acids is 1. The van der Waals surface area contributed by atoms with Crippen LogP contribution in [0, 0.1) is 0 Å². The fourth-order valence-electron chi connectivity index (χ4n) is 2.57. The van der Waals surface area contributed by atoms with Gasteiger partial charge in [0.1, 0.15) is 5.60 Å². The topological polar surface area (TPSA) is 50.8 Å². The van der Waals surface area contributed by atoms with Crippen LogP contribution in [0.15, 0.2) is 0 Å². The van der Waals surface area contributed by atoms with Crippen molar-refractivity contribution in [3.63, 3.8) is 0 Å². The first kappa shape index (κ1) is 13.6. The van der Waals surface area contributed by atoms with Gasteiger partial charge in [-0.3, -0.25) is 4.90 Å². The molecule has 2 aliphatic heterocycles. The van der Waals surface area contributed by atoms with Gasteiger partial charge in [0, 0.05) is 19.7 Å². The molecular formula is C13H24N2O3. The summed E-state index contributed by atoms with van der Waals surface area (Å²) >= 11 is 0. The van der Waals surface area contributed by atoms with E-state index in [0.29, 0.717) is 6.61 Å². The minimum Gasteiger partial charge on any atom is -0.444 e. The molecule has 2 rings (SSSR count). The lowest BCUT2D eigenvalue weighted by Crippen LogP contribution is -2.57. The largest absolute Gasteiger partial charge is 0.444 e. The zero-order valence-electron chi connectivity index (χ0n) is 11.6. The molecule has 1 atom stereocenters. The third kappa shape index (κ3) is 2.95. The number of carbonyl (C=O) groups is 1. The Bertz CT molecular complexity index is 306. The highest BCUT2D eigenvalue weighted by molar-refractivity contribution is 5.69. The fraction of sp³-hybridized carbons (Fsp3) is 0.923. The molecule has 1 N–H and O–H groups in total. The summed E-state index contributed by atoms with van der Waals surface area (Å²) < 4.78 is 11.0. The smallest absolute Gasteiger partial charge is 0.410 e. The van der Waals surface area contributed by atoms with Crippen LogP contribution in [0.1, 0.15) is 33.6 Å². The molecule has 0 aromatic heterocycles.